The summed E-state index contributed by atoms with van der Waals surface area (Å²) in [5.74, 6) is -0.349. The van der Waals surface area contributed by atoms with E-state index in [0.29, 0.717) is 12.2 Å². The zero-order chi connectivity index (χ0) is 12.4. The molecule has 0 saturated heterocycles. The second kappa shape index (κ2) is 4.55. The topological polar surface area (TPSA) is 58.2 Å². The summed E-state index contributed by atoms with van der Waals surface area (Å²) >= 11 is 0. The molecule has 0 aliphatic carbocycles. The van der Waals surface area contributed by atoms with Crippen LogP contribution in [0.15, 0.2) is 18.5 Å². The van der Waals surface area contributed by atoms with Crippen molar-refractivity contribution in [3.05, 3.63) is 29.7 Å². The maximum absolute atomic E-state index is 11.7. The molecule has 0 saturated carbocycles. The molecular weight excluding hydrogens is 218 g/mol. The first-order chi connectivity index (χ1) is 8.13. The van der Waals surface area contributed by atoms with Gasteiger partial charge in [-0.2, -0.15) is 0 Å². The number of hydrogen-bond acceptors (Lipinski definition) is 4. The summed E-state index contributed by atoms with van der Waals surface area (Å²) in [7, 11) is 5.30. The van der Waals surface area contributed by atoms with Crippen LogP contribution in [0.3, 0.4) is 0 Å². The monoisotopic (exact) mass is 233 g/mol. The summed E-state index contributed by atoms with van der Waals surface area (Å²) in [6.45, 7) is 0.675. The summed E-state index contributed by atoms with van der Waals surface area (Å²) in [6, 6.07) is 1.90. The Hall–Kier alpha value is -1.88. The van der Waals surface area contributed by atoms with Crippen molar-refractivity contribution >= 4 is 16.9 Å². The van der Waals surface area contributed by atoms with Gasteiger partial charge in [0.1, 0.15) is 5.69 Å². The predicted molar refractivity (Wildman–Crippen MR) is 64.8 cm³/mol. The Morgan fingerprint density at radius 2 is 2.29 bits per heavy atom. The van der Waals surface area contributed by atoms with Gasteiger partial charge in [0.15, 0.2) is 0 Å². The highest BCUT2D eigenvalue weighted by Crippen LogP contribution is 2.23. The highest BCUT2D eigenvalue weighted by molar-refractivity contribution is 5.97. The third-order valence-corrected chi connectivity index (χ3v) is 2.57. The van der Waals surface area contributed by atoms with Gasteiger partial charge < -0.3 is 14.6 Å². The molecular formula is C12H15N3O2. The Labute approximate surface area is 99.4 Å². The van der Waals surface area contributed by atoms with Gasteiger partial charge >= 0.3 is 5.97 Å². The van der Waals surface area contributed by atoms with Crippen molar-refractivity contribution in [2.45, 2.75) is 6.54 Å². The normalized spacial score (nSPS) is 11.1. The minimum atomic E-state index is -0.349. The fraction of sp³-hybridized carbons (Fsp3) is 0.333. The lowest BCUT2D eigenvalue weighted by Gasteiger charge is -2.10. The molecule has 0 bridgehead atoms. The molecule has 17 heavy (non-hydrogen) atoms. The van der Waals surface area contributed by atoms with E-state index in [1.165, 1.54) is 7.11 Å². The van der Waals surface area contributed by atoms with Gasteiger partial charge in [0.2, 0.25) is 0 Å². The summed E-state index contributed by atoms with van der Waals surface area (Å²) < 4.78 is 4.78. The minimum Gasteiger partial charge on any atom is -0.464 e. The first-order valence-corrected chi connectivity index (χ1v) is 5.31. The Morgan fingerprint density at radius 1 is 1.53 bits per heavy atom. The van der Waals surface area contributed by atoms with E-state index in [2.05, 4.69) is 9.97 Å². The lowest BCUT2D eigenvalue weighted by atomic mass is 10.1. The number of methoxy groups -OCH3 is 1. The maximum Gasteiger partial charge on any atom is 0.354 e. The average Bonchev–Trinajstić information content (AvgIpc) is 2.67. The van der Waals surface area contributed by atoms with Crippen LogP contribution >= 0.6 is 0 Å². The van der Waals surface area contributed by atoms with E-state index in [9.17, 15) is 4.79 Å². The molecule has 1 N–H and O–H groups in total. The van der Waals surface area contributed by atoms with E-state index in [-0.39, 0.29) is 5.97 Å². The summed E-state index contributed by atoms with van der Waals surface area (Å²) in [6.07, 6.45) is 3.43. The van der Waals surface area contributed by atoms with Gasteiger partial charge in [-0.15, -0.1) is 0 Å². The van der Waals surface area contributed by atoms with Crippen molar-refractivity contribution < 1.29 is 9.53 Å². The molecule has 0 aliphatic heterocycles. The quantitative estimate of drug-likeness (QED) is 0.814. The maximum atomic E-state index is 11.7. The molecule has 0 aromatic carbocycles. The summed E-state index contributed by atoms with van der Waals surface area (Å²) in [5.41, 5.74) is 2.30. The van der Waals surface area contributed by atoms with Gasteiger partial charge in [-0.05, 0) is 20.2 Å². The number of aromatic amines is 1. The van der Waals surface area contributed by atoms with Crippen molar-refractivity contribution in [2.24, 2.45) is 0 Å². The number of carbonyl (C=O) groups excluding carboxylic acids is 1. The van der Waals surface area contributed by atoms with Crippen LogP contribution in [-0.4, -0.2) is 42.0 Å². The predicted octanol–water partition coefficient (Wildman–Crippen LogP) is 1.41. The first kappa shape index (κ1) is 11.6. The number of nitrogens with one attached hydrogen (secondary N) is 1. The number of carbonyl (C=O) groups is 1. The van der Waals surface area contributed by atoms with Crippen LogP contribution in [-0.2, 0) is 11.3 Å². The van der Waals surface area contributed by atoms with Crippen molar-refractivity contribution in [1.29, 1.82) is 0 Å². The zero-order valence-electron chi connectivity index (χ0n) is 10.2. The molecule has 0 radical (unpaired) electrons. The van der Waals surface area contributed by atoms with E-state index in [4.69, 9.17) is 4.74 Å². The first-order valence-electron chi connectivity index (χ1n) is 5.31. The van der Waals surface area contributed by atoms with Crippen molar-refractivity contribution in [3.63, 3.8) is 0 Å². The third-order valence-electron chi connectivity index (χ3n) is 2.57. The van der Waals surface area contributed by atoms with Crippen LogP contribution < -0.4 is 0 Å². The third kappa shape index (κ3) is 2.14. The van der Waals surface area contributed by atoms with E-state index < -0.39 is 0 Å². The average molecular weight is 233 g/mol. The molecule has 0 spiro atoms. The molecule has 2 heterocycles. The van der Waals surface area contributed by atoms with Gasteiger partial charge in [0.25, 0.3) is 0 Å². The van der Waals surface area contributed by atoms with Gasteiger partial charge in [-0.1, -0.05) is 0 Å². The van der Waals surface area contributed by atoms with Crippen molar-refractivity contribution in [1.82, 2.24) is 14.9 Å². The summed E-state index contributed by atoms with van der Waals surface area (Å²) in [4.78, 5) is 20.8. The Balaban J connectivity index is 2.60. The molecule has 5 nitrogen and oxygen atoms in total. The molecule has 2 aromatic rings. The standard InChI is InChI=1S/C12H15N3O2/c1-15(2)7-9-8-4-5-13-6-10(8)14-11(9)12(16)17-3/h4-6,14H,7H2,1-3H3. The molecule has 0 atom stereocenters. The molecule has 0 unspecified atom stereocenters. The molecule has 0 aliphatic rings. The van der Waals surface area contributed by atoms with Gasteiger partial charge in [0, 0.05) is 23.7 Å². The van der Waals surface area contributed by atoms with Gasteiger partial charge in [-0.25, -0.2) is 4.79 Å². The largest absolute Gasteiger partial charge is 0.464 e. The van der Waals surface area contributed by atoms with Gasteiger partial charge in [0.05, 0.1) is 18.8 Å². The number of fused-ring (bicyclic) bond motifs is 1. The van der Waals surface area contributed by atoms with Crippen LogP contribution in [0.5, 0.6) is 0 Å². The molecule has 2 aromatic heterocycles. The number of H-pyrrole nitrogens is 1. The summed E-state index contributed by atoms with van der Waals surface area (Å²) in [5, 5.41) is 1.01. The highest BCUT2D eigenvalue weighted by Gasteiger charge is 2.18. The van der Waals surface area contributed by atoms with E-state index in [0.717, 1.165) is 16.5 Å². The van der Waals surface area contributed by atoms with Crippen LogP contribution in [0.2, 0.25) is 0 Å². The minimum absolute atomic E-state index is 0.349. The Morgan fingerprint density at radius 3 is 2.94 bits per heavy atom. The molecule has 90 valence electrons. The molecule has 2 rings (SSSR count). The number of ether oxygens (including phenoxy) is 1. The number of esters is 1. The van der Waals surface area contributed by atoms with Crippen LogP contribution in [0.1, 0.15) is 16.1 Å². The molecule has 0 fully saturated rings. The molecule has 0 amide bonds. The van der Waals surface area contributed by atoms with Crippen molar-refractivity contribution in [3.8, 4) is 0 Å². The zero-order valence-corrected chi connectivity index (χ0v) is 10.2. The Bertz CT molecular complexity index is 546. The van der Waals surface area contributed by atoms with Crippen molar-refractivity contribution in [2.75, 3.05) is 21.2 Å². The second-order valence-corrected chi connectivity index (χ2v) is 4.13. The number of nitrogens with zero attached hydrogens (tertiary/aromatic N) is 2. The highest BCUT2D eigenvalue weighted by atomic mass is 16.5. The van der Waals surface area contributed by atoms with Crippen LogP contribution in [0, 0.1) is 0 Å². The lowest BCUT2D eigenvalue weighted by molar-refractivity contribution is 0.0593. The van der Waals surface area contributed by atoms with E-state index >= 15 is 0 Å². The fourth-order valence-electron chi connectivity index (χ4n) is 1.86. The number of pyridine rings is 1. The molecule has 5 heteroatoms. The Kier molecular flexibility index (Phi) is 3.10. The van der Waals surface area contributed by atoms with E-state index in [1.54, 1.807) is 12.4 Å². The van der Waals surface area contributed by atoms with Crippen LogP contribution in [0.25, 0.3) is 10.9 Å². The van der Waals surface area contributed by atoms with Crippen LogP contribution in [0.4, 0.5) is 0 Å². The number of rotatable bonds is 3. The number of hydrogen-bond donors (Lipinski definition) is 1. The SMILES string of the molecule is COC(=O)c1[nH]c2cnccc2c1CN(C)C. The smallest absolute Gasteiger partial charge is 0.354 e. The fourth-order valence-corrected chi connectivity index (χ4v) is 1.86. The lowest BCUT2D eigenvalue weighted by Crippen LogP contribution is -2.14. The van der Waals surface area contributed by atoms with Gasteiger partial charge in [-0.3, -0.25) is 4.98 Å². The second-order valence-electron chi connectivity index (χ2n) is 4.13. The number of aromatic nitrogens is 2. The van der Waals surface area contributed by atoms with E-state index in [1.807, 2.05) is 25.1 Å².